The van der Waals surface area contributed by atoms with Gasteiger partial charge in [0.1, 0.15) is 5.75 Å². The van der Waals surface area contributed by atoms with Crippen LogP contribution in [0.25, 0.3) is 0 Å². The van der Waals surface area contributed by atoms with Gasteiger partial charge in [-0.15, -0.1) is 0 Å². The molecule has 6 nitrogen and oxygen atoms in total. The van der Waals surface area contributed by atoms with Crippen LogP contribution >= 0.6 is 0 Å². The molecule has 2 heterocycles. The Kier molecular flexibility index (Phi) is 4.99. The molecule has 2 aliphatic rings. The molecule has 25 heavy (non-hydrogen) atoms. The fourth-order valence-corrected chi connectivity index (χ4v) is 3.78. The first kappa shape index (κ1) is 17.7. The third-order valence-electron chi connectivity index (χ3n) is 5.11. The number of carbonyl (C=O) groups is 2. The van der Waals surface area contributed by atoms with E-state index in [2.05, 4.69) is 0 Å². The van der Waals surface area contributed by atoms with Crippen LogP contribution < -0.4 is 4.74 Å². The predicted octanol–water partition coefficient (Wildman–Crippen LogP) is 1.97. The first-order chi connectivity index (χ1) is 11.9. The molecular weight excluding hydrogens is 322 g/mol. The van der Waals surface area contributed by atoms with Crippen LogP contribution in [0.5, 0.6) is 5.75 Å². The lowest BCUT2D eigenvalue weighted by molar-refractivity contribution is -0.157. The van der Waals surface area contributed by atoms with Crippen LogP contribution in [0.1, 0.15) is 25.8 Å². The van der Waals surface area contributed by atoms with Gasteiger partial charge in [-0.05, 0) is 38.0 Å². The first-order valence-corrected chi connectivity index (χ1v) is 8.75. The monoisotopic (exact) mass is 347 g/mol. The summed E-state index contributed by atoms with van der Waals surface area (Å²) in [6.07, 6.45) is 0.788. The molecule has 1 N–H and O–H groups in total. The second-order valence-corrected chi connectivity index (χ2v) is 7.25. The summed E-state index contributed by atoms with van der Waals surface area (Å²) >= 11 is 0. The van der Waals surface area contributed by atoms with E-state index in [9.17, 15) is 14.7 Å². The predicted molar refractivity (Wildman–Crippen MR) is 91.5 cm³/mol. The Morgan fingerprint density at radius 3 is 2.92 bits per heavy atom. The van der Waals surface area contributed by atoms with Crippen LogP contribution in [0.2, 0.25) is 0 Å². The number of amides is 1. The molecule has 3 rings (SSSR count). The summed E-state index contributed by atoms with van der Waals surface area (Å²) in [6, 6.07) is 7.51. The van der Waals surface area contributed by atoms with Crippen LogP contribution in [-0.4, -0.2) is 54.3 Å². The average molecular weight is 347 g/mol. The van der Waals surface area contributed by atoms with Gasteiger partial charge in [0.15, 0.2) is 0 Å². The van der Waals surface area contributed by atoms with Crippen molar-refractivity contribution in [2.45, 2.75) is 32.8 Å². The third kappa shape index (κ3) is 3.63. The minimum Gasteiger partial charge on any atom is -0.491 e. The topological polar surface area (TPSA) is 76.1 Å². The maximum atomic E-state index is 12.7. The maximum absolute atomic E-state index is 12.7. The van der Waals surface area contributed by atoms with Crippen LogP contribution in [-0.2, 0) is 20.7 Å². The summed E-state index contributed by atoms with van der Waals surface area (Å²) in [6.45, 7) is 5.49. The average Bonchev–Trinajstić information content (AvgIpc) is 2.95. The molecule has 0 unspecified atom stereocenters. The van der Waals surface area contributed by atoms with Gasteiger partial charge in [-0.2, -0.15) is 0 Å². The number of fused-ring (bicyclic) bond motifs is 1. The van der Waals surface area contributed by atoms with Crippen molar-refractivity contribution >= 4 is 11.9 Å². The quantitative estimate of drug-likeness (QED) is 0.881. The smallest absolute Gasteiger partial charge is 0.311 e. The molecule has 0 radical (unpaired) electrons. The molecule has 0 aromatic heterocycles. The number of carbonyl (C=O) groups excluding carboxylic acids is 1. The lowest BCUT2D eigenvalue weighted by Gasteiger charge is -2.33. The SMILES string of the molecule is CC(C)Oc1cccc(CC(=O)N2C[C@H]3COCC[C@@]3(C(=O)O)C2)c1. The second kappa shape index (κ2) is 7.04. The Hall–Kier alpha value is -2.08. The van der Waals surface area contributed by atoms with Gasteiger partial charge in [0.05, 0.1) is 24.5 Å². The number of hydrogen-bond acceptors (Lipinski definition) is 4. The molecule has 1 amide bonds. The van der Waals surface area contributed by atoms with E-state index in [1.54, 1.807) is 4.90 Å². The van der Waals surface area contributed by atoms with Crippen LogP contribution in [0.3, 0.4) is 0 Å². The van der Waals surface area contributed by atoms with E-state index in [0.29, 0.717) is 26.2 Å². The second-order valence-electron chi connectivity index (χ2n) is 7.25. The summed E-state index contributed by atoms with van der Waals surface area (Å²) in [5, 5.41) is 9.70. The molecule has 136 valence electrons. The fourth-order valence-electron chi connectivity index (χ4n) is 3.78. The maximum Gasteiger partial charge on any atom is 0.311 e. The molecule has 2 atom stereocenters. The molecular formula is C19H25NO5. The van der Waals surface area contributed by atoms with Gasteiger partial charge in [0.25, 0.3) is 0 Å². The highest BCUT2D eigenvalue weighted by atomic mass is 16.5. The standard InChI is InChI=1S/C19H25NO5/c1-13(2)25-16-5-3-4-14(8-16)9-17(21)20-10-15-11-24-7-6-19(15,12-20)18(22)23/h3-5,8,13,15H,6-7,9-12H2,1-2H3,(H,22,23)/t15-,19+/m0/s1. The fraction of sp³-hybridized carbons (Fsp3) is 0.579. The number of likely N-dealkylation sites (tertiary alicyclic amines) is 1. The normalized spacial score (nSPS) is 25.7. The molecule has 0 aliphatic carbocycles. The van der Waals surface area contributed by atoms with E-state index in [0.717, 1.165) is 11.3 Å². The number of hydrogen-bond donors (Lipinski definition) is 1. The van der Waals surface area contributed by atoms with Crippen LogP contribution in [0, 0.1) is 11.3 Å². The van der Waals surface area contributed by atoms with Gasteiger partial charge in [0, 0.05) is 25.6 Å². The van der Waals surface area contributed by atoms with Gasteiger partial charge >= 0.3 is 5.97 Å². The van der Waals surface area contributed by atoms with Crippen LogP contribution in [0.15, 0.2) is 24.3 Å². The van der Waals surface area contributed by atoms with Gasteiger partial charge < -0.3 is 19.5 Å². The summed E-state index contributed by atoms with van der Waals surface area (Å²) in [7, 11) is 0. The van der Waals surface area contributed by atoms with Crippen molar-refractivity contribution in [2.24, 2.45) is 11.3 Å². The Labute approximate surface area is 147 Å². The summed E-state index contributed by atoms with van der Waals surface area (Å²) < 4.78 is 11.1. The molecule has 0 saturated carbocycles. The van der Waals surface area contributed by atoms with E-state index >= 15 is 0 Å². The highest BCUT2D eigenvalue weighted by molar-refractivity contribution is 5.82. The molecule has 2 fully saturated rings. The van der Waals surface area contributed by atoms with E-state index in [-0.39, 0.29) is 30.9 Å². The summed E-state index contributed by atoms with van der Waals surface area (Å²) in [5.74, 6) is -0.246. The van der Waals surface area contributed by atoms with Crippen molar-refractivity contribution in [2.75, 3.05) is 26.3 Å². The largest absolute Gasteiger partial charge is 0.491 e. The number of carboxylic acid groups (broad SMARTS) is 1. The Morgan fingerprint density at radius 1 is 1.44 bits per heavy atom. The molecule has 2 saturated heterocycles. The molecule has 1 aromatic rings. The third-order valence-corrected chi connectivity index (χ3v) is 5.11. The zero-order valence-corrected chi connectivity index (χ0v) is 14.7. The molecule has 0 spiro atoms. The zero-order chi connectivity index (χ0) is 18.0. The summed E-state index contributed by atoms with van der Waals surface area (Å²) in [5.41, 5.74) is 0.0231. The molecule has 1 aromatic carbocycles. The van der Waals surface area contributed by atoms with Crippen molar-refractivity contribution < 1.29 is 24.2 Å². The van der Waals surface area contributed by atoms with Crippen molar-refractivity contribution in [3.63, 3.8) is 0 Å². The minimum atomic E-state index is -0.851. The van der Waals surface area contributed by atoms with E-state index in [1.807, 2.05) is 38.1 Å². The van der Waals surface area contributed by atoms with Crippen molar-refractivity contribution in [1.82, 2.24) is 4.90 Å². The highest BCUT2D eigenvalue weighted by Gasteiger charge is 2.54. The van der Waals surface area contributed by atoms with Crippen LogP contribution in [0.4, 0.5) is 0 Å². The Bertz CT molecular complexity index is 659. The van der Waals surface area contributed by atoms with Gasteiger partial charge in [-0.25, -0.2) is 0 Å². The Balaban J connectivity index is 1.69. The van der Waals surface area contributed by atoms with Crippen molar-refractivity contribution in [1.29, 1.82) is 0 Å². The number of aliphatic carboxylic acids is 1. The number of nitrogens with zero attached hydrogens (tertiary/aromatic N) is 1. The highest BCUT2D eigenvalue weighted by Crippen LogP contribution is 2.42. The van der Waals surface area contributed by atoms with Gasteiger partial charge in [-0.1, -0.05) is 12.1 Å². The zero-order valence-electron chi connectivity index (χ0n) is 14.7. The van der Waals surface area contributed by atoms with Gasteiger partial charge in [-0.3, -0.25) is 9.59 Å². The van der Waals surface area contributed by atoms with Crippen molar-refractivity contribution in [3.8, 4) is 5.75 Å². The number of ether oxygens (including phenoxy) is 2. The molecule has 2 aliphatic heterocycles. The Morgan fingerprint density at radius 2 is 2.24 bits per heavy atom. The van der Waals surface area contributed by atoms with Gasteiger partial charge in [0.2, 0.25) is 5.91 Å². The van der Waals surface area contributed by atoms with E-state index in [1.165, 1.54) is 0 Å². The first-order valence-electron chi connectivity index (χ1n) is 8.75. The van der Waals surface area contributed by atoms with E-state index < -0.39 is 11.4 Å². The molecule has 0 bridgehead atoms. The van der Waals surface area contributed by atoms with Crippen molar-refractivity contribution in [3.05, 3.63) is 29.8 Å². The minimum absolute atomic E-state index is 0.0447. The summed E-state index contributed by atoms with van der Waals surface area (Å²) in [4.78, 5) is 26.2. The molecule has 6 heteroatoms. The van der Waals surface area contributed by atoms with E-state index in [4.69, 9.17) is 9.47 Å². The number of rotatable bonds is 5. The lowest BCUT2D eigenvalue weighted by Crippen LogP contribution is -2.45. The number of benzene rings is 1. The lowest BCUT2D eigenvalue weighted by atomic mass is 9.74. The number of carboxylic acids is 1.